The average Bonchev–Trinajstić information content (AvgIpc) is 2.50. The van der Waals surface area contributed by atoms with Gasteiger partial charge in [-0.25, -0.2) is 4.39 Å². The van der Waals surface area contributed by atoms with E-state index in [1.54, 1.807) is 42.5 Å². The quantitative estimate of drug-likeness (QED) is 0.567. The van der Waals surface area contributed by atoms with E-state index >= 15 is 0 Å². The van der Waals surface area contributed by atoms with Crippen LogP contribution in [-0.2, 0) is 0 Å². The lowest BCUT2D eigenvalue weighted by Crippen LogP contribution is -2.04. The number of fused-ring (bicyclic) bond motifs is 1. The maximum absolute atomic E-state index is 13.8. The van der Waals surface area contributed by atoms with Crippen LogP contribution in [-0.4, -0.2) is 5.78 Å². The Morgan fingerprint density at radius 3 is 2.43 bits per heavy atom. The standard InChI is InChI=1S/C18H14FNO/c1-11-10-12(6-9-17(11)20)18(21)15-7-8-16(19)14-5-3-2-4-13(14)15/h2-10H,20H2,1H3. The van der Waals surface area contributed by atoms with Crippen molar-refractivity contribution in [2.24, 2.45) is 0 Å². The van der Waals surface area contributed by atoms with Gasteiger partial charge in [-0.3, -0.25) is 4.79 Å². The molecule has 3 rings (SSSR count). The van der Waals surface area contributed by atoms with Gasteiger partial charge in [0.2, 0.25) is 0 Å². The molecule has 0 aliphatic rings. The number of rotatable bonds is 2. The van der Waals surface area contributed by atoms with Crippen molar-refractivity contribution in [2.75, 3.05) is 5.73 Å². The summed E-state index contributed by atoms with van der Waals surface area (Å²) in [6, 6.07) is 15.0. The number of nitrogen functional groups attached to an aromatic ring is 1. The lowest BCUT2D eigenvalue weighted by molar-refractivity contribution is 0.104. The van der Waals surface area contributed by atoms with Crippen LogP contribution < -0.4 is 5.73 Å². The number of benzene rings is 3. The number of ketones is 1. The maximum Gasteiger partial charge on any atom is 0.193 e. The molecule has 0 unspecified atom stereocenters. The normalized spacial score (nSPS) is 10.8. The van der Waals surface area contributed by atoms with Crippen LogP contribution in [0.3, 0.4) is 0 Å². The Bertz CT molecular complexity index is 855. The van der Waals surface area contributed by atoms with Crippen molar-refractivity contribution in [3.63, 3.8) is 0 Å². The number of nitrogens with two attached hydrogens (primary N) is 1. The zero-order chi connectivity index (χ0) is 15.0. The SMILES string of the molecule is Cc1cc(C(=O)c2ccc(F)c3ccccc23)ccc1N. The molecule has 0 amide bonds. The van der Waals surface area contributed by atoms with E-state index in [0.717, 1.165) is 5.56 Å². The van der Waals surface area contributed by atoms with E-state index < -0.39 is 0 Å². The van der Waals surface area contributed by atoms with Gasteiger partial charge in [-0.2, -0.15) is 0 Å². The number of halogens is 1. The van der Waals surface area contributed by atoms with E-state index in [9.17, 15) is 9.18 Å². The maximum atomic E-state index is 13.8. The molecule has 2 N–H and O–H groups in total. The number of anilines is 1. The second-order valence-electron chi connectivity index (χ2n) is 5.04. The smallest absolute Gasteiger partial charge is 0.193 e. The molecular weight excluding hydrogens is 265 g/mol. The third-order valence-electron chi connectivity index (χ3n) is 3.65. The second-order valence-corrected chi connectivity index (χ2v) is 5.04. The van der Waals surface area contributed by atoms with E-state index in [2.05, 4.69) is 0 Å². The number of aryl methyl sites for hydroxylation is 1. The van der Waals surface area contributed by atoms with Crippen molar-refractivity contribution in [1.82, 2.24) is 0 Å². The molecule has 0 saturated carbocycles. The van der Waals surface area contributed by atoms with Crippen LogP contribution in [0.15, 0.2) is 54.6 Å². The van der Waals surface area contributed by atoms with Gasteiger partial charge in [0.05, 0.1) is 0 Å². The fraction of sp³-hybridized carbons (Fsp3) is 0.0556. The largest absolute Gasteiger partial charge is 0.399 e. The molecule has 0 saturated heterocycles. The highest BCUT2D eigenvalue weighted by Gasteiger charge is 2.14. The first-order valence-electron chi connectivity index (χ1n) is 6.66. The zero-order valence-corrected chi connectivity index (χ0v) is 11.6. The third-order valence-corrected chi connectivity index (χ3v) is 3.65. The highest BCUT2D eigenvalue weighted by atomic mass is 19.1. The molecule has 0 radical (unpaired) electrons. The van der Waals surface area contributed by atoms with Crippen LogP contribution in [0.4, 0.5) is 10.1 Å². The second kappa shape index (κ2) is 5.02. The lowest BCUT2D eigenvalue weighted by atomic mass is 9.96. The van der Waals surface area contributed by atoms with Crippen LogP contribution in [0, 0.1) is 12.7 Å². The monoisotopic (exact) mass is 279 g/mol. The van der Waals surface area contributed by atoms with E-state index in [1.807, 2.05) is 6.92 Å². The molecule has 21 heavy (non-hydrogen) atoms. The number of hydrogen-bond acceptors (Lipinski definition) is 2. The molecule has 3 aromatic rings. The predicted molar refractivity (Wildman–Crippen MR) is 82.9 cm³/mol. The van der Waals surface area contributed by atoms with E-state index in [-0.39, 0.29) is 11.6 Å². The van der Waals surface area contributed by atoms with E-state index in [0.29, 0.717) is 27.6 Å². The van der Waals surface area contributed by atoms with Gasteiger partial charge in [0, 0.05) is 22.2 Å². The van der Waals surface area contributed by atoms with Crippen molar-refractivity contribution >= 4 is 22.2 Å². The summed E-state index contributed by atoms with van der Waals surface area (Å²) in [5.74, 6) is -0.454. The molecule has 0 aliphatic heterocycles. The van der Waals surface area contributed by atoms with Gasteiger partial charge in [0.15, 0.2) is 5.78 Å². The molecule has 0 fully saturated rings. The first-order chi connectivity index (χ1) is 10.1. The topological polar surface area (TPSA) is 43.1 Å². The minimum atomic E-state index is -0.323. The van der Waals surface area contributed by atoms with Gasteiger partial charge >= 0.3 is 0 Å². The minimum Gasteiger partial charge on any atom is -0.399 e. The number of hydrogen-bond donors (Lipinski definition) is 1. The number of carbonyl (C=O) groups is 1. The van der Waals surface area contributed by atoms with Gasteiger partial charge < -0.3 is 5.73 Å². The fourth-order valence-corrected chi connectivity index (χ4v) is 2.43. The molecular formula is C18H14FNO. The van der Waals surface area contributed by atoms with Gasteiger partial charge in [-0.1, -0.05) is 24.3 Å². The Kier molecular flexibility index (Phi) is 3.18. The average molecular weight is 279 g/mol. The minimum absolute atomic E-state index is 0.130. The highest BCUT2D eigenvalue weighted by molar-refractivity contribution is 6.16. The Morgan fingerprint density at radius 1 is 1.00 bits per heavy atom. The van der Waals surface area contributed by atoms with Gasteiger partial charge in [0.1, 0.15) is 5.82 Å². The first kappa shape index (κ1) is 13.3. The molecule has 0 aliphatic carbocycles. The van der Waals surface area contributed by atoms with Gasteiger partial charge in [0.25, 0.3) is 0 Å². The van der Waals surface area contributed by atoms with E-state index in [1.165, 1.54) is 12.1 Å². The predicted octanol–water partition coefficient (Wildman–Crippen LogP) is 4.10. The lowest BCUT2D eigenvalue weighted by Gasteiger charge is -2.08. The molecule has 3 aromatic carbocycles. The molecule has 0 aromatic heterocycles. The van der Waals surface area contributed by atoms with Crippen molar-refractivity contribution in [1.29, 1.82) is 0 Å². The summed E-state index contributed by atoms with van der Waals surface area (Å²) >= 11 is 0. The summed E-state index contributed by atoms with van der Waals surface area (Å²) in [6.07, 6.45) is 0. The molecule has 0 atom stereocenters. The van der Waals surface area contributed by atoms with Crippen molar-refractivity contribution in [3.05, 3.63) is 77.1 Å². The third kappa shape index (κ3) is 2.27. The molecule has 2 nitrogen and oxygen atoms in total. The van der Waals surface area contributed by atoms with Crippen molar-refractivity contribution < 1.29 is 9.18 Å². The summed E-state index contributed by atoms with van der Waals surface area (Å²) in [4.78, 5) is 12.7. The van der Waals surface area contributed by atoms with Gasteiger partial charge in [-0.05, 0) is 48.2 Å². The molecule has 0 bridgehead atoms. The van der Waals surface area contributed by atoms with Crippen LogP contribution in [0.2, 0.25) is 0 Å². The number of carbonyl (C=O) groups excluding carboxylic acids is 1. The summed E-state index contributed by atoms with van der Waals surface area (Å²) in [5.41, 5.74) is 8.33. The van der Waals surface area contributed by atoms with Crippen molar-refractivity contribution in [3.8, 4) is 0 Å². The molecule has 104 valence electrons. The Hall–Kier alpha value is -2.68. The summed E-state index contributed by atoms with van der Waals surface area (Å²) in [5, 5.41) is 1.08. The zero-order valence-electron chi connectivity index (χ0n) is 11.6. The van der Waals surface area contributed by atoms with Crippen LogP contribution >= 0.6 is 0 Å². The van der Waals surface area contributed by atoms with E-state index in [4.69, 9.17) is 5.73 Å². The highest BCUT2D eigenvalue weighted by Crippen LogP contribution is 2.25. The molecule has 0 heterocycles. The fourth-order valence-electron chi connectivity index (χ4n) is 2.43. The summed E-state index contributed by atoms with van der Waals surface area (Å²) in [7, 11) is 0. The molecule has 3 heteroatoms. The van der Waals surface area contributed by atoms with Crippen molar-refractivity contribution in [2.45, 2.75) is 6.92 Å². The molecule has 0 spiro atoms. The van der Waals surface area contributed by atoms with Crippen LogP contribution in [0.5, 0.6) is 0 Å². The van der Waals surface area contributed by atoms with Crippen LogP contribution in [0.25, 0.3) is 10.8 Å². The van der Waals surface area contributed by atoms with Gasteiger partial charge in [-0.15, -0.1) is 0 Å². The summed E-state index contributed by atoms with van der Waals surface area (Å²) in [6.45, 7) is 1.86. The Labute approximate surface area is 122 Å². The Morgan fingerprint density at radius 2 is 1.71 bits per heavy atom. The first-order valence-corrected chi connectivity index (χ1v) is 6.66. The van der Waals surface area contributed by atoms with Crippen LogP contribution in [0.1, 0.15) is 21.5 Å². The summed E-state index contributed by atoms with van der Waals surface area (Å²) < 4.78 is 13.8. The Balaban J connectivity index is 2.18.